The van der Waals surface area contributed by atoms with Crippen molar-refractivity contribution in [3.63, 3.8) is 0 Å². The fourth-order valence-corrected chi connectivity index (χ4v) is 4.16. The molecule has 1 amide bonds. The van der Waals surface area contributed by atoms with E-state index in [1.165, 1.54) is 31.4 Å². The van der Waals surface area contributed by atoms with Gasteiger partial charge in [-0.25, -0.2) is 21.9 Å². The van der Waals surface area contributed by atoms with Crippen LogP contribution in [0.5, 0.6) is 5.75 Å². The number of hydrogen-bond donors (Lipinski definition) is 2. The number of carbonyl (C=O) groups excluding carboxylic acids is 1. The Morgan fingerprint density at radius 3 is 2.46 bits per heavy atom. The third-order valence-corrected chi connectivity index (χ3v) is 5.95. The van der Waals surface area contributed by atoms with Crippen LogP contribution >= 0.6 is 0 Å². The zero-order valence-electron chi connectivity index (χ0n) is 15.3. The fraction of sp³-hybridized carbons (Fsp3) is 0.316. The fourth-order valence-electron chi connectivity index (χ4n) is 2.66. The molecule has 0 heterocycles. The maximum Gasteiger partial charge on any atom is 0.251 e. The summed E-state index contributed by atoms with van der Waals surface area (Å²) in [5.74, 6) is -2.42. The van der Waals surface area contributed by atoms with E-state index >= 15 is 0 Å². The Kier molecular flexibility index (Phi) is 5.66. The molecule has 1 aliphatic carbocycles. The summed E-state index contributed by atoms with van der Waals surface area (Å²) in [5.41, 5.74) is 0.482. The van der Waals surface area contributed by atoms with Crippen molar-refractivity contribution >= 4 is 15.9 Å². The van der Waals surface area contributed by atoms with Gasteiger partial charge in [0.25, 0.3) is 5.91 Å². The summed E-state index contributed by atoms with van der Waals surface area (Å²) < 4.78 is 59.2. The number of sulfonamides is 1. The van der Waals surface area contributed by atoms with E-state index in [4.69, 9.17) is 4.74 Å². The van der Waals surface area contributed by atoms with Crippen LogP contribution in [0.2, 0.25) is 0 Å². The molecule has 0 aromatic heterocycles. The van der Waals surface area contributed by atoms with Gasteiger partial charge in [0.2, 0.25) is 10.0 Å². The Hall–Kier alpha value is -2.52. The summed E-state index contributed by atoms with van der Waals surface area (Å²) in [7, 11) is -2.49. The van der Waals surface area contributed by atoms with E-state index < -0.39 is 33.6 Å². The van der Waals surface area contributed by atoms with Crippen molar-refractivity contribution < 1.29 is 26.7 Å². The van der Waals surface area contributed by atoms with Crippen molar-refractivity contribution in [3.8, 4) is 5.75 Å². The lowest BCUT2D eigenvalue weighted by molar-refractivity contribution is 0.0939. The van der Waals surface area contributed by atoms with Crippen LogP contribution in [0.15, 0.2) is 41.3 Å². The molecular weight excluding hydrogens is 390 g/mol. The molecule has 150 valence electrons. The van der Waals surface area contributed by atoms with E-state index in [0.29, 0.717) is 5.56 Å². The molecule has 0 bridgehead atoms. The van der Waals surface area contributed by atoms with Gasteiger partial charge in [-0.2, -0.15) is 0 Å². The lowest BCUT2D eigenvalue weighted by Gasteiger charge is -2.16. The topological polar surface area (TPSA) is 84.5 Å². The molecule has 1 atom stereocenters. The number of ether oxygens (including phenoxy) is 1. The maximum atomic E-state index is 13.4. The zero-order valence-corrected chi connectivity index (χ0v) is 16.1. The zero-order chi connectivity index (χ0) is 20.5. The minimum absolute atomic E-state index is 0.0967. The summed E-state index contributed by atoms with van der Waals surface area (Å²) in [6.07, 6.45) is 1.54. The second-order valence-corrected chi connectivity index (χ2v) is 8.31. The number of rotatable bonds is 7. The second kappa shape index (κ2) is 7.84. The number of amides is 1. The first-order valence-corrected chi connectivity index (χ1v) is 10.2. The minimum atomic E-state index is -3.83. The van der Waals surface area contributed by atoms with Gasteiger partial charge in [0.15, 0.2) is 11.6 Å². The van der Waals surface area contributed by atoms with E-state index in [0.717, 1.165) is 25.0 Å². The number of halogens is 2. The third kappa shape index (κ3) is 4.48. The van der Waals surface area contributed by atoms with Crippen molar-refractivity contribution in [1.82, 2.24) is 10.0 Å². The predicted octanol–water partition coefficient (Wildman–Crippen LogP) is 2.91. The second-order valence-electron chi connectivity index (χ2n) is 6.63. The van der Waals surface area contributed by atoms with Crippen LogP contribution in [0, 0.1) is 11.6 Å². The van der Waals surface area contributed by atoms with Gasteiger partial charge in [0.1, 0.15) is 10.6 Å². The van der Waals surface area contributed by atoms with Gasteiger partial charge in [-0.1, -0.05) is 6.07 Å². The molecule has 2 aromatic rings. The molecule has 0 aliphatic heterocycles. The molecule has 3 rings (SSSR count). The van der Waals surface area contributed by atoms with Gasteiger partial charge in [-0.05, 0) is 55.7 Å². The van der Waals surface area contributed by atoms with Crippen LogP contribution in [0.1, 0.15) is 41.7 Å². The van der Waals surface area contributed by atoms with E-state index in [9.17, 15) is 22.0 Å². The van der Waals surface area contributed by atoms with Crippen LogP contribution in [-0.4, -0.2) is 27.5 Å². The Bertz CT molecular complexity index is 1010. The van der Waals surface area contributed by atoms with Gasteiger partial charge in [-0.15, -0.1) is 0 Å². The van der Waals surface area contributed by atoms with E-state index in [1.807, 2.05) is 0 Å². The molecule has 0 unspecified atom stereocenters. The molecule has 2 N–H and O–H groups in total. The van der Waals surface area contributed by atoms with Gasteiger partial charge >= 0.3 is 0 Å². The number of hydrogen-bond acceptors (Lipinski definition) is 4. The smallest absolute Gasteiger partial charge is 0.251 e. The van der Waals surface area contributed by atoms with Crippen molar-refractivity contribution in [2.45, 2.75) is 36.7 Å². The van der Waals surface area contributed by atoms with E-state index in [1.54, 1.807) is 6.92 Å². The van der Waals surface area contributed by atoms with Crippen LogP contribution < -0.4 is 14.8 Å². The number of nitrogens with one attached hydrogen (secondary N) is 2. The van der Waals surface area contributed by atoms with Gasteiger partial charge < -0.3 is 10.1 Å². The predicted molar refractivity (Wildman–Crippen MR) is 98.6 cm³/mol. The first-order chi connectivity index (χ1) is 13.2. The van der Waals surface area contributed by atoms with Gasteiger partial charge in [-0.3, -0.25) is 4.79 Å². The summed E-state index contributed by atoms with van der Waals surface area (Å²) in [6, 6.07) is 6.71. The summed E-state index contributed by atoms with van der Waals surface area (Å²) in [5, 5.41) is 2.64. The lowest BCUT2D eigenvalue weighted by atomic mass is 10.1. The van der Waals surface area contributed by atoms with Gasteiger partial charge in [0.05, 0.1) is 13.2 Å². The molecule has 6 nitrogen and oxygen atoms in total. The monoisotopic (exact) mass is 410 g/mol. The van der Waals surface area contributed by atoms with Crippen molar-refractivity contribution in [3.05, 3.63) is 59.2 Å². The molecule has 1 saturated carbocycles. The molecule has 0 saturated heterocycles. The largest absolute Gasteiger partial charge is 0.495 e. The maximum absolute atomic E-state index is 13.4. The highest BCUT2D eigenvalue weighted by molar-refractivity contribution is 7.89. The highest BCUT2D eigenvalue weighted by Gasteiger charge is 2.30. The summed E-state index contributed by atoms with van der Waals surface area (Å²) >= 11 is 0. The third-order valence-electron chi connectivity index (χ3n) is 4.41. The van der Waals surface area contributed by atoms with Crippen LogP contribution in [0.25, 0.3) is 0 Å². The number of methoxy groups -OCH3 is 1. The Morgan fingerprint density at radius 2 is 1.86 bits per heavy atom. The lowest BCUT2D eigenvalue weighted by Crippen LogP contribution is -2.28. The van der Waals surface area contributed by atoms with Crippen LogP contribution in [0.3, 0.4) is 0 Å². The molecule has 1 aliphatic rings. The molecule has 1 fully saturated rings. The standard InChI is InChI=1S/C19H20F2N2O4S/c1-11(12-3-7-15(20)16(21)9-12)22-19(24)13-4-8-17(27-2)18(10-13)28(25,26)23-14-5-6-14/h3-4,7-11,14,23H,5-6H2,1-2H3,(H,22,24)/t11-/m1/s1. The van der Waals surface area contributed by atoms with E-state index in [2.05, 4.69) is 10.0 Å². The Morgan fingerprint density at radius 1 is 1.14 bits per heavy atom. The number of carbonyl (C=O) groups is 1. The normalized spacial score (nSPS) is 15.1. The summed E-state index contributed by atoms with van der Waals surface area (Å²) in [6.45, 7) is 1.61. The molecule has 28 heavy (non-hydrogen) atoms. The van der Waals surface area contributed by atoms with Crippen molar-refractivity contribution in [2.75, 3.05) is 7.11 Å². The highest BCUT2D eigenvalue weighted by atomic mass is 32.2. The van der Waals surface area contributed by atoms with Crippen LogP contribution in [-0.2, 0) is 10.0 Å². The van der Waals surface area contributed by atoms with Crippen molar-refractivity contribution in [1.29, 1.82) is 0 Å². The average molecular weight is 410 g/mol. The first kappa shape index (κ1) is 20.2. The highest BCUT2D eigenvalue weighted by Crippen LogP contribution is 2.28. The average Bonchev–Trinajstić information content (AvgIpc) is 3.46. The molecule has 2 aromatic carbocycles. The minimum Gasteiger partial charge on any atom is -0.495 e. The first-order valence-electron chi connectivity index (χ1n) is 8.67. The van der Waals surface area contributed by atoms with Gasteiger partial charge in [0, 0.05) is 11.6 Å². The van der Waals surface area contributed by atoms with E-state index in [-0.39, 0.29) is 22.3 Å². The molecule has 9 heteroatoms. The molecular formula is C19H20F2N2O4S. The van der Waals surface area contributed by atoms with Crippen LogP contribution in [0.4, 0.5) is 8.78 Å². The molecule has 0 spiro atoms. The summed E-state index contributed by atoms with van der Waals surface area (Å²) in [4.78, 5) is 12.4. The number of benzene rings is 2. The Balaban J connectivity index is 1.83. The Labute approximate surface area is 162 Å². The molecule has 0 radical (unpaired) electrons. The SMILES string of the molecule is COc1ccc(C(=O)N[C@H](C)c2ccc(F)c(F)c2)cc1S(=O)(=O)NC1CC1. The quantitative estimate of drug-likeness (QED) is 0.735. The van der Waals surface area contributed by atoms with Crippen molar-refractivity contribution in [2.24, 2.45) is 0 Å².